The van der Waals surface area contributed by atoms with Crippen LogP contribution in [0.1, 0.15) is 211 Å². The summed E-state index contributed by atoms with van der Waals surface area (Å²) in [6.45, 7) is 24.6. The number of nitrogens with zero attached hydrogens (tertiary/aromatic N) is 12. The second-order valence-electron chi connectivity index (χ2n) is 41.1. The monoisotopic (exact) mass is 2040 g/mol. The van der Waals surface area contributed by atoms with Gasteiger partial charge in [0.2, 0.25) is 45.6 Å². The van der Waals surface area contributed by atoms with Gasteiger partial charge < -0.3 is 24.8 Å². The van der Waals surface area contributed by atoms with Gasteiger partial charge in [0.25, 0.3) is 0 Å². The van der Waals surface area contributed by atoms with Crippen molar-refractivity contribution in [3.8, 4) is 56.3 Å². The van der Waals surface area contributed by atoms with E-state index in [0.29, 0.717) is 5.92 Å². The first-order chi connectivity index (χ1) is 69.9. The van der Waals surface area contributed by atoms with Crippen molar-refractivity contribution in [2.45, 2.75) is 161 Å². The summed E-state index contributed by atoms with van der Waals surface area (Å²) in [6, 6.07) is 81.5. The van der Waals surface area contributed by atoms with Crippen molar-refractivity contribution in [2.75, 3.05) is 12.5 Å². The van der Waals surface area contributed by atoms with Crippen LogP contribution >= 0.6 is 23.5 Å². The van der Waals surface area contributed by atoms with E-state index >= 15 is 0 Å². The molecule has 7 aromatic carbocycles. The number of aromatic nitrogens is 8. The summed E-state index contributed by atoms with van der Waals surface area (Å²) < 4.78 is 21.0. The summed E-state index contributed by atoms with van der Waals surface area (Å²) >= 11 is 3.53. The number of fused-ring (bicyclic) bond motifs is 8. The van der Waals surface area contributed by atoms with Crippen molar-refractivity contribution >= 4 is 137 Å². The molecule has 8 bridgehead atoms. The Kier molecular flexibility index (Phi) is 23.0. The van der Waals surface area contributed by atoms with Crippen LogP contribution in [0.3, 0.4) is 0 Å². The molecular weight excluding hydrogens is 1930 g/mol. The van der Waals surface area contributed by atoms with E-state index in [1.807, 2.05) is 0 Å². The minimum Gasteiger partial charge on any atom is -0.657 e. The van der Waals surface area contributed by atoms with Crippen molar-refractivity contribution in [2.24, 2.45) is 0 Å². The minimum absolute atomic E-state index is 0. The van der Waals surface area contributed by atoms with Crippen LogP contribution in [0.5, 0.6) is 0 Å². The first kappa shape index (κ1) is 95.0. The number of hydrogen-bond donors (Lipinski definition) is 0. The summed E-state index contributed by atoms with van der Waals surface area (Å²) in [5, 5.41) is 4.98. The van der Waals surface area contributed by atoms with Gasteiger partial charge in [0.1, 0.15) is 0 Å². The number of allylic oxidation sites excluding steroid dienone is 10. The van der Waals surface area contributed by atoms with Crippen molar-refractivity contribution in [1.29, 1.82) is 0 Å². The molecule has 147 heavy (non-hydrogen) atoms. The molecule has 30 rings (SSSR count). The average molecular weight is 2040 g/mol. The quantitative estimate of drug-likeness (QED) is 0.0446. The summed E-state index contributed by atoms with van der Waals surface area (Å²) in [5.74, 6) is 6.38. The van der Waals surface area contributed by atoms with Gasteiger partial charge in [-0.1, -0.05) is 208 Å². The molecule has 2 spiro atoms. The Labute approximate surface area is 891 Å². The van der Waals surface area contributed by atoms with Gasteiger partial charge >= 0.3 is 48.4 Å². The van der Waals surface area contributed by atoms with Crippen LogP contribution in [-0.4, -0.2) is 81.9 Å². The second kappa shape index (κ2) is 35.5. The number of thioether (sulfide) groups is 2. The van der Waals surface area contributed by atoms with E-state index < -0.39 is 11.8 Å². The molecule has 21 heterocycles. The van der Waals surface area contributed by atoms with Crippen LogP contribution in [0.15, 0.2) is 300 Å². The van der Waals surface area contributed by atoms with E-state index in [1.54, 1.807) is 23.5 Å². The van der Waals surface area contributed by atoms with Gasteiger partial charge in [0.05, 0.1) is 83.7 Å². The molecule has 0 saturated heterocycles. The number of benzene rings is 7. The Morgan fingerprint density at radius 3 is 1.03 bits per heavy atom. The first-order valence-electron chi connectivity index (χ1n) is 50.8. The molecule has 0 N–H and O–H groups in total. The Morgan fingerprint density at radius 2 is 0.626 bits per heavy atom. The molecule has 0 amide bonds. The summed E-state index contributed by atoms with van der Waals surface area (Å²) in [7, 11) is 0. The van der Waals surface area contributed by atoms with Crippen molar-refractivity contribution in [1.82, 2.24) is 38.2 Å². The molecule has 2 fully saturated rings. The van der Waals surface area contributed by atoms with E-state index in [0.717, 1.165) is 89.4 Å². The largest absolute Gasteiger partial charge is 2.00 e. The molecule has 7 aromatic heterocycles. The first-order valence-corrected chi connectivity index (χ1v) is 53.3. The fraction of sp³-hybridized carbons (Fsp3) is 0.191. The molecule has 14 aliphatic heterocycles. The van der Waals surface area contributed by atoms with Crippen LogP contribution in [0.2, 0.25) is 0 Å². The molecule has 2 unspecified atom stereocenters. The Bertz CT molecular complexity index is 9220. The zero-order chi connectivity index (χ0) is 96.3. The smallest absolute Gasteiger partial charge is 0.657 e. The zero-order valence-electron chi connectivity index (χ0n) is 85.9. The van der Waals surface area contributed by atoms with E-state index in [4.69, 9.17) is 19.9 Å². The van der Waals surface area contributed by atoms with Crippen LogP contribution in [0, 0.1) is 68.2 Å². The predicted molar refractivity (Wildman–Crippen MR) is 601 cm³/mol. The third-order valence-electron chi connectivity index (χ3n) is 33.0. The van der Waals surface area contributed by atoms with E-state index in [2.05, 4.69) is 428 Å². The van der Waals surface area contributed by atoms with Gasteiger partial charge in [0, 0.05) is 97.4 Å². The van der Waals surface area contributed by atoms with Crippen LogP contribution in [0.4, 0.5) is 0 Å². The Balaban J connectivity index is 0.000000150. The van der Waals surface area contributed by atoms with Gasteiger partial charge in [0.15, 0.2) is 0 Å². The number of aryl methyl sites for hydroxylation is 6. The van der Waals surface area contributed by atoms with Gasteiger partial charge in [-0.25, -0.2) is 9.97 Å². The van der Waals surface area contributed by atoms with Gasteiger partial charge in [-0.2, -0.15) is 18.3 Å². The fourth-order valence-corrected chi connectivity index (χ4v) is 27.6. The maximum atomic E-state index is 5.57. The fourth-order valence-electron chi connectivity index (χ4n) is 26.8. The van der Waals surface area contributed by atoms with Gasteiger partial charge in [-0.05, 0) is 318 Å². The van der Waals surface area contributed by atoms with Crippen LogP contribution in [0.25, 0.3) is 135 Å². The maximum absolute atomic E-state index is 5.57. The Morgan fingerprint density at radius 1 is 0.306 bits per heavy atom. The molecule has 2 saturated carbocycles. The number of rotatable bonds is 10. The van der Waals surface area contributed by atoms with E-state index in [9.17, 15) is 0 Å². The molecule has 0 radical (unpaired) electrons. The summed E-state index contributed by atoms with van der Waals surface area (Å²) in [4.78, 5) is 24.7. The molecule has 14 aromatic rings. The van der Waals surface area contributed by atoms with Crippen LogP contribution in [-0.2, 0) is 48.4 Å². The predicted octanol–water partition coefficient (Wildman–Crippen LogP) is 25.8. The zero-order valence-corrected chi connectivity index (χ0v) is 91.6. The summed E-state index contributed by atoms with van der Waals surface area (Å²) in [5.41, 5.74) is 55.0. The molecular formula is C131H112FeN12S2Zn+4. The third-order valence-corrected chi connectivity index (χ3v) is 34.5. The normalized spacial score (nSPS) is 18.5. The summed E-state index contributed by atoms with van der Waals surface area (Å²) in [6.07, 6.45) is 44.3. The van der Waals surface area contributed by atoms with E-state index in [1.165, 1.54) is 269 Å². The van der Waals surface area contributed by atoms with Crippen molar-refractivity contribution < 1.29 is 54.8 Å². The second-order valence-corrected chi connectivity index (χ2v) is 42.9. The molecule has 16 aliphatic rings. The molecule has 2 aliphatic carbocycles. The third kappa shape index (κ3) is 13.5. The SMILES string of the molecule is C1CCCC1.CSc1ccc(-c2c3nc(c(-c4c(C)cc(C)cc4C)c4ccc([n-]4)c(-c4ccc(C5CCCC5)cc4)c4nc(c(-c5c(C)cc(C)cc5C)c5ccc2[n-]5)C=C4)C=C3)cc1.CSc1ccc(C2=C3C=CC4=[N+]3C35n6c(ccc62)C(C)=C2C=CC(=[N+]23)C(c2ccc(C#Cc3ccc(C6=C7C=CC8=[N+]7C79n%10c(ccc%106)C(C)=C6C=CC(=[N+]67)C(C)=c6ccc(n69)=C8C)cc3)cc2)=c2ccc(n25)=C4C)cc1.[CH3-].[CH3-].[Fe+2].[Zn+2]. The Hall–Kier alpha value is -14.3. The van der Waals surface area contributed by atoms with Crippen molar-refractivity contribution in [3.63, 3.8) is 0 Å². The topological polar surface area (TPSA) is 85.7 Å². The van der Waals surface area contributed by atoms with Gasteiger partial charge in [-0.3, -0.25) is 0 Å². The molecule has 16 heteroatoms. The van der Waals surface area contributed by atoms with Gasteiger partial charge in [-0.15, -0.1) is 45.6 Å². The van der Waals surface area contributed by atoms with E-state index in [-0.39, 0.29) is 51.4 Å². The average Bonchev–Trinajstić information content (AvgIpc) is 1.50. The molecule has 12 nitrogen and oxygen atoms in total. The standard InChI is InChI=1S/C68H46N8S.C56H50N4S.C5H10.2CH3.Fe.Zn/c1-37-48-21-23-50-38(2)52-25-31-58-64(59-32-26-53-39(3)51-24-22-49(37)70(51)67(69(48)50,71(52)58)72(53)59)44-13-9-42(10-14-44)7-8-43-11-15-45(16-12-43)65-60-33-27-54-40(4)56-29-35-62-66(46-17-19-47(77-6)20-18-46)63-36-30-57-41(5)55-28-34-61(65)74(55)68(73(54)60,75(56)62)76(57)63;1-32-28-34(3)51(35(4)29-32)55-47-24-20-43(57-47)53(40-14-12-39(13-15-40)38-10-8-9-11-38)44-21-25-48(58-44)56(52-36(5)30-33(2)31-37(52)6)50-27-23-46(60-50)54(45-22-26-49(55)59-45)41-16-18-42(61-7)19-17-41;1-2-4-5-3-1;;;;/h9-36H,1-6H3;12-31,38H,8-11H2,1-7H3;1-5H2;2*1H3;;/q+4;-2;;2*-1;2*+2. The molecule has 714 valence electrons. The minimum atomic E-state index is -0.714. The van der Waals surface area contributed by atoms with Crippen LogP contribution < -0.4 is 31.4 Å². The number of hydrogen-bond acceptors (Lipinski definition) is 4. The molecule has 2 atom stereocenters. The van der Waals surface area contributed by atoms with Crippen molar-refractivity contribution in [3.05, 3.63) is 438 Å². The maximum Gasteiger partial charge on any atom is 2.00 e.